The molecule has 0 saturated heterocycles. The normalized spacial score (nSPS) is 21.1. The summed E-state index contributed by atoms with van der Waals surface area (Å²) in [4.78, 5) is 25.7. The number of aryl methyl sites for hydroxylation is 1. The van der Waals surface area contributed by atoms with Gasteiger partial charge in [-0.25, -0.2) is 9.97 Å². The molecule has 9 nitrogen and oxygen atoms in total. The molecule has 0 radical (unpaired) electrons. The molecule has 2 aliphatic rings. The third-order valence-corrected chi connectivity index (χ3v) is 6.93. The maximum Gasteiger partial charge on any atom is 0.280 e. The Hall–Kier alpha value is -4.27. The van der Waals surface area contributed by atoms with E-state index in [-0.39, 0.29) is 18.0 Å². The summed E-state index contributed by atoms with van der Waals surface area (Å²) in [6.45, 7) is 0.186. The SMILES string of the molecule is Cn1cnc2ncn(Cc3nc(C4C5C=C(c6ccc(-c7ccco7)cc6)CC54)no3)c(=O)c21. The zero-order valence-corrected chi connectivity index (χ0v) is 18.3. The summed E-state index contributed by atoms with van der Waals surface area (Å²) >= 11 is 0. The van der Waals surface area contributed by atoms with Crippen molar-refractivity contribution in [2.45, 2.75) is 18.9 Å². The first-order chi connectivity index (χ1) is 16.7. The number of furan rings is 1. The number of hydrogen-bond donors (Lipinski definition) is 0. The van der Waals surface area contributed by atoms with E-state index in [1.54, 1.807) is 24.2 Å². The first kappa shape index (κ1) is 19.2. The van der Waals surface area contributed by atoms with Crippen LogP contribution in [0.3, 0.4) is 0 Å². The van der Waals surface area contributed by atoms with Gasteiger partial charge in [-0.2, -0.15) is 4.98 Å². The molecule has 0 spiro atoms. The summed E-state index contributed by atoms with van der Waals surface area (Å²) in [6, 6.07) is 12.4. The van der Waals surface area contributed by atoms with E-state index in [9.17, 15) is 4.79 Å². The van der Waals surface area contributed by atoms with Gasteiger partial charge in [0.2, 0.25) is 5.89 Å². The van der Waals surface area contributed by atoms with Crippen LogP contribution in [0, 0.1) is 11.8 Å². The van der Waals surface area contributed by atoms with Gasteiger partial charge in [-0.1, -0.05) is 35.5 Å². The van der Waals surface area contributed by atoms with Gasteiger partial charge in [-0.15, -0.1) is 0 Å². The summed E-state index contributed by atoms with van der Waals surface area (Å²) in [6.07, 6.45) is 8.08. The highest BCUT2D eigenvalue weighted by Crippen LogP contribution is 2.62. The third-order valence-electron chi connectivity index (χ3n) is 6.93. The minimum Gasteiger partial charge on any atom is -0.464 e. The third kappa shape index (κ3) is 2.97. The van der Waals surface area contributed by atoms with Crippen molar-refractivity contribution in [1.29, 1.82) is 0 Å². The molecule has 9 heteroatoms. The lowest BCUT2D eigenvalue weighted by atomic mass is 9.99. The molecule has 3 atom stereocenters. The quantitative estimate of drug-likeness (QED) is 0.401. The number of rotatable bonds is 5. The van der Waals surface area contributed by atoms with Crippen LogP contribution in [-0.4, -0.2) is 29.2 Å². The molecular weight excluding hydrogens is 432 g/mol. The number of aromatic nitrogens is 6. The largest absolute Gasteiger partial charge is 0.464 e. The molecule has 1 saturated carbocycles. The van der Waals surface area contributed by atoms with Crippen molar-refractivity contribution < 1.29 is 8.94 Å². The topological polar surface area (TPSA) is 105 Å². The highest BCUT2D eigenvalue weighted by molar-refractivity contribution is 5.73. The van der Waals surface area contributed by atoms with Crippen LogP contribution in [0.2, 0.25) is 0 Å². The molecule has 7 rings (SSSR count). The first-order valence-electron chi connectivity index (χ1n) is 11.2. The van der Waals surface area contributed by atoms with Crippen LogP contribution in [0.4, 0.5) is 0 Å². The van der Waals surface area contributed by atoms with Crippen molar-refractivity contribution in [1.82, 2.24) is 29.2 Å². The zero-order chi connectivity index (χ0) is 22.8. The van der Waals surface area contributed by atoms with Gasteiger partial charge in [-0.05, 0) is 41.5 Å². The Balaban J connectivity index is 1.06. The van der Waals surface area contributed by atoms with E-state index in [1.165, 1.54) is 22.0 Å². The highest BCUT2D eigenvalue weighted by Gasteiger charge is 2.55. The monoisotopic (exact) mass is 452 g/mol. The van der Waals surface area contributed by atoms with E-state index in [4.69, 9.17) is 8.94 Å². The molecule has 5 aromatic rings. The molecule has 1 fully saturated rings. The minimum atomic E-state index is -0.182. The Morgan fingerprint density at radius 1 is 1.09 bits per heavy atom. The molecule has 168 valence electrons. The van der Waals surface area contributed by atoms with Gasteiger partial charge < -0.3 is 13.5 Å². The lowest BCUT2D eigenvalue weighted by Crippen LogP contribution is -2.22. The Labute approximate surface area is 193 Å². The van der Waals surface area contributed by atoms with Crippen molar-refractivity contribution in [3.05, 3.63) is 89.0 Å². The van der Waals surface area contributed by atoms with Gasteiger partial charge in [0.25, 0.3) is 5.56 Å². The van der Waals surface area contributed by atoms with E-state index in [2.05, 4.69) is 50.5 Å². The molecule has 4 aromatic heterocycles. The van der Waals surface area contributed by atoms with Crippen LogP contribution in [0.25, 0.3) is 28.1 Å². The lowest BCUT2D eigenvalue weighted by Gasteiger charge is -2.06. The first-order valence-corrected chi connectivity index (χ1v) is 11.2. The van der Waals surface area contributed by atoms with Gasteiger partial charge >= 0.3 is 0 Å². The number of benzene rings is 1. The summed E-state index contributed by atoms with van der Waals surface area (Å²) in [5, 5.41) is 4.22. The van der Waals surface area contributed by atoms with Crippen LogP contribution in [0.15, 0.2) is 75.1 Å². The second-order valence-corrected chi connectivity index (χ2v) is 8.97. The second-order valence-electron chi connectivity index (χ2n) is 8.97. The van der Waals surface area contributed by atoms with Crippen LogP contribution in [-0.2, 0) is 13.6 Å². The standard InChI is InChI=1S/C25H20N6O3/c1-30-12-26-24-22(30)25(32)31(13-27-24)11-20-28-23(29-34-20)21-17-9-16(10-18(17)21)14-4-6-15(7-5-14)19-3-2-8-33-19/h2-9,12-13,17-18,21H,10-11H2,1H3. The fourth-order valence-corrected chi connectivity index (χ4v) is 5.11. The summed E-state index contributed by atoms with van der Waals surface area (Å²) in [7, 11) is 1.77. The van der Waals surface area contributed by atoms with Crippen molar-refractivity contribution in [2.75, 3.05) is 0 Å². The molecule has 4 heterocycles. The molecule has 1 aromatic carbocycles. The fourth-order valence-electron chi connectivity index (χ4n) is 5.11. The van der Waals surface area contributed by atoms with Gasteiger partial charge in [-0.3, -0.25) is 9.36 Å². The summed E-state index contributed by atoms with van der Waals surface area (Å²) < 4.78 is 14.1. The second kappa shape index (κ2) is 7.11. The summed E-state index contributed by atoms with van der Waals surface area (Å²) in [5.41, 5.74) is 4.38. The zero-order valence-electron chi connectivity index (χ0n) is 18.3. The molecule has 0 amide bonds. The van der Waals surface area contributed by atoms with E-state index >= 15 is 0 Å². The maximum absolute atomic E-state index is 12.7. The number of hydrogen-bond acceptors (Lipinski definition) is 7. The molecule has 0 bridgehead atoms. The van der Waals surface area contributed by atoms with Crippen LogP contribution < -0.4 is 5.56 Å². The predicted octanol–water partition coefficient (Wildman–Crippen LogP) is 3.64. The molecule has 34 heavy (non-hydrogen) atoms. The molecule has 0 N–H and O–H groups in total. The number of imidazole rings is 1. The molecular formula is C25H20N6O3. The van der Waals surface area contributed by atoms with Gasteiger partial charge in [0, 0.05) is 18.5 Å². The van der Waals surface area contributed by atoms with E-state index in [0.717, 1.165) is 23.6 Å². The average molecular weight is 452 g/mol. The average Bonchev–Trinajstić information content (AvgIpc) is 3.47. The van der Waals surface area contributed by atoms with Crippen molar-refractivity contribution in [3.63, 3.8) is 0 Å². The number of allylic oxidation sites excluding steroid dienone is 2. The van der Waals surface area contributed by atoms with E-state index < -0.39 is 0 Å². The van der Waals surface area contributed by atoms with Gasteiger partial charge in [0.15, 0.2) is 17.0 Å². The predicted molar refractivity (Wildman–Crippen MR) is 123 cm³/mol. The Morgan fingerprint density at radius 2 is 1.91 bits per heavy atom. The Morgan fingerprint density at radius 3 is 2.68 bits per heavy atom. The van der Waals surface area contributed by atoms with Crippen molar-refractivity contribution in [2.24, 2.45) is 18.9 Å². The summed E-state index contributed by atoms with van der Waals surface area (Å²) in [5.74, 6) is 3.21. The van der Waals surface area contributed by atoms with Crippen molar-refractivity contribution >= 4 is 16.7 Å². The maximum atomic E-state index is 12.7. The number of fused-ring (bicyclic) bond motifs is 2. The fraction of sp³-hybridized carbons (Fsp3) is 0.240. The molecule has 2 aliphatic carbocycles. The van der Waals surface area contributed by atoms with Crippen molar-refractivity contribution in [3.8, 4) is 11.3 Å². The Bertz CT molecular complexity index is 1610. The minimum absolute atomic E-state index is 0.182. The van der Waals surface area contributed by atoms with Gasteiger partial charge in [0.05, 0.1) is 12.6 Å². The van der Waals surface area contributed by atoms with Crippen LogP contribution in [0.5, 0.6) is 0 Å². The van der Waals surface area contributed by atoms with Crippen LogP contribution >= 0.6 is 0 Å². The smallest absolute Gasteiger partial charge is 0.280 e. The Kier molecular flexibility index (Phi) is 4.02. The molecule has 3 unspecified atom stereocenters. The molecule has 0 aliphatic heterocycles. The highest BCUT2D eigenvalue weighted by atomic mass is 16.5. The van der Waals surface area contributed by atoms with Crippen LogP contribution in [0.1, 0.15) is 29.6 Å². The van der Waals surface area contributed by atoms with E-state index in [0.29, 0.717) is 28.9 Å². The van der Waals surface area contributed by atoms with Gasteiger partial charge in [0.1, 0.15) is 18.6 Å². The number of nitrogens with zero attached hydrogens (tertiary/aromatic N) is 6. The van der Waals surface area contributed by atoms with E-state index in [1.807, 2.05) is 12.1 Å². The lowest BCUT2D eigenvalue weighted by molar-refractivity contribution is 0.364.